The number of likely N-dealkylation sites (N-methyl/N-ethyl adjacent to an activating group) is 1. The van der Waals surface area contributed by atoms with Crippen molar-refractivity contribution in [2.75, 3.05) is 44.7 Å². The number of aromatic nitrogens is 2. The minimum absolute atomic E-state index is 0.132. The van der Waals surface area contributed by atoms with Crippen molar-refractivity contribution < 1.29 is 14.3 Å². The molecule has 7 rings (SSSR count). The molecule has 0 radical (unpaired) electrons. The standard InChI is InChI=1S/C36H44N6O3/c1-5-29(43)42-18-17-41(20-25(42)13-15-37)34-28-12-14-36(19-24-9-6-7-11-27(24)30-22(2)23(3)31(30)36)33(44)32(28)38-35(39-34)45-21-26-10-8-16-40(26)4/h5-7,9,11,22-23,25-26,30-31H,1,8,10,12-14,16-21H2,2-4H3/t22?,23-,25-,26-,30-,31?,36+/m0/s1. The summed E-state index contributed by atoms with van der Waals surface area (Å²) in [6.07, 6.45) is 5.94. The Bertz CT molecular complexity index is 1570. The van der Waals surface area contributed by atoms with Crippen molar-refractivity contribution in [2.24, 2.45) is 23.2 Å². The predicted octanol–water partition coefficient (Wildman–Crippen LogP) is 4.42. The molecule has 1 aromatic heterocycles. The number of ketones is 1. The lowest BCUT2D eigenvalue weighted by molar-refractivity contribution is -0.128. The van der Waals surface area contributed by atoms with Crippen LogP contribution in [0.25, 0.3) is 0 Å². The molecule has 0 N–H and O–H groups in total. The van der Waals surface area contributed by atoms with E-state index in [4.69, 9.17) is 14.7 Å². The Morgan fingerprint density at radius 1 is 1.18 bits per heavy atom. The molecule has 3 fully saturated rings. The third-order valence-electron chi connectivity index (χ3n) is 12.0. The molecular weight excluding hydrogens is 564 g/mol. The van der Waals surface area contributed by atoms with Gasteiger partial charge in [0.25, 0.3) is 0 Å². The highest BCUT2D eigenvalue weighted by molar-refractivity contribution is 6.03. The molecule has 2 aromatic rings. The topological polar surface area (TPSA) is 103 Å². The molecule has 1 aromatic carbocycles. The number of rotatable bonds is 6. The number of carbonyl (C=O) groups is 2. The molecule has 9 nitrogen and oxygen atoms in total. The lowest BCUT2D eigenvalue weighted by atomic mass is 9.41. The fourth-order valence-electron chi connectivity index (χ4n) is 9.44. The molecule has 3 heterocycles. The number of hydrogen-bond donors (Lipinski definition) is 0. The molecule has 1 amide bonds. The summed E-state index contributed by atoms with van der Waals surface area (Å²) in [4.78, 5) is 43.7. The van der Waals surface area contributed by atoms with Crippen molar-refractivity contribution in [2.45, 2.75) is 70.4 Å². The molecule has 2 saturated heterocycles. The second-order valence-electron chi connectivity index (χ2n) is 14.1. The fraction of sp³-hybridized carbons (Fsp3) is 0.583. The van der Waals surface area contributed by atoms with E-state index in [9.17, 15) is 10.1 Å². The maximum Gasteiger partial charge on any atom is 0.319 e. The Labute approximate surface area is 266 Å². The molecule has 45 heavy (non-hydrogen) atoms. The average molecular weight is 609 g/mol. The summed E-state index contributed by atoms with van der Waals surface area (Å²) in [7, 11) is 2.12. The smallest absolute Gasteiger partial charge is 0.319 e. The van der Waals surface area contributed by atoms with Gasteiger partial charge in [0, 0.05) is 36.7 Å². The largest absolute Gasteiger partial charge is 0.462 e. The first kappa shape index (κ1) is 29.9. The van der Waals surface area contributed by atoms with Gasteiger partial charge >= 0.3 is 6.01 Å². The molecule has 3 aliphatic carbocycles. The molecule has 2 unspecified atom stereocenters. The van der Waals surface area contributed by atoms with Crippen molar-refractivity contribution in [3.8, 4) is 12.1 Å². The maximum absolute atomic E-state index is 15.0. The second-order valence-corrected chi connectivity index (χ2v) is 14.1. The molecule has 1 spiro atoms. The van der Waals surface area contributed by atoms with Crippen LogP contribution in [0.15, 0.2) is 36.9 Å². The molecule has 7 atom stereocenters. The summed E-state index contributed by atoms with van der Waals surface area (Å²) < 4.78 is 6.32. The lowest BCUT2D eigenvalue weighted by Crippen LogP contribution is -2.59. The number of carbonyl (C=O) groups excluding carboxylic acids is 2. The van der Waals surface area contributed by atoms with Crippen molar-refractivity contribution in [3.63, 3.8) is 0 Å². The number of ether oxygens (including phenoxy) is 1. The molecule has 236 valence electrons. The van der Waals surface area contributed by atoms with Crippen molar-refractivity contribution in [3.05, 3.63) is 59.3 Å². The minimum atomic E-state index is -0.495. The lowest BCUT2D eigenvalue weighted by Gasteiger charge is -2.62. The zero-order chi connectivity index (χ0) is 31.5. The van der Waals surface area contributed by atoms with Crippen LogP contribution in [-0.2, 0) is 17.6 Å². The SMILES string of the molecule is C=CC(=O)N1CCN(c2nc(OC[C@@H]3CCCN3C)nc3c2CC[C@]2(Cc4ccccc4[C@@H]4C(C)[C@H](C)C42)C3=O)C[C@@H]1CC#N. The van der Waals surface area contributed by atoms with Crippen LogP contribution in [0.1, 0.15) is 72.6 Å². The summed E-state index contributed by atoms with van der Waals surface area (Å²) in [5, 5.41) is 9.59. The van der Waals surface area contributed by atoms with Gasteiger partial charge in [-0.25, -0.2) is 0 Å². The number of nitriles is 1. The van der Waals surface area contributed by atoms with Gasteiger partial charge in [-0.3, -0.25) is 9.59 Å². The number of benzene rings is 1. The fourth-order valence-corrected chi connectivity index (χ4v) is 9.44. The Hall–Kier alpha value is -3.77. The maximum atomic E-state index is 15.0. The molecular formula is C36H44N6O3. The highest BCUT2D eigenvalue weighted by Gasteiger charge is 2.63. The summed E-state index contributed by atoms with van der Waals surface area (Å²) in [5.74, 6) is 2.32. The second kappa shape index (κ2) is 11.5. The van der Waals surface area contributed by atoms with Crippen LogP contribution in [0.2, 0.25) is 0 Å². The summed E-state index contributed by atoms with van der Waals surface area (Å²) in [6.45, 7) is 11.3. The van der Waals surface area contributed by atoms with Crippen LogP contribution in [0, 0.1) is 34.5 Å². The number of likely N-dealkylation sites (tertiary alicyclic amines) is 1. The van der Waals surface area contributed by atoms with Crippen LogP contribution in [0.5, 0.6) is 6.01 Å². The first-order valence-corrected chi connectivity index (χ1v) is 16.7. The van der Waals surface area contributed by atoms with Crippen LogP contribution in [0.3, 0.4) is 0 Å². The summed E-state index contributed by atoms with van der Waals surface area (Å²) in [6, 6.07) is 11.2. The average Bonchev–Trinajstić information content (AvgIpc) is 3.48. The van der Waals surface area contributed by atoms with E-state index in [0.29, 0.717) is 56.1 Å². The van der Waals surface area contributed by atoms with Crippen LogP contribution in [-0.4, -0.2) is 83.4 Å². The van der Waals surface area contributed by atoms with Crippen molar-refractivity contribution in [1.29, 1.82) is 5.26 Å². The van der Waals surface area contributed by atoms with E-state index in [2.05, 4.69) is 67.6 Å². The van der Waals surface area contributed by atoms with E-state index in [-0.39, 0.29) is 42.1 Å². The number of hydrogen-bond acceptors (Lipinski definition) is 8. The van der Waals surface area contributed by atoms with Crippen LogP contribution in [0.4, 0.5) is 5.82 Å². The first-order chi connectivity index (χ1) is 21.8. The van der Waals surface area contributed by atoms with E-state index in [1.54, 1.807) is 4.90 Å². The third-order valence-corrected chi connectivity index (χ3v) is 12.0. The zero-order valence-corrected chi connectivity index (χ0v) is 26.7. The first-order valence-electron chi connectivity index (χ1n) is 16.7. The quantitative estimate of drug-likeness (QED) is 0.444. The van der Waals surface area contributed by atoms with E-state index in [0.717, 1.165) is 43.6 Å². The third kappa shape index (κ3) is 4.75. The van der Waals surface area contributed by atoms with Crippen LogP contribution >= 0.6 is 0 Å². The van der Waals surface area contributed by atoms with E-state index >= 15 is 4.79 Å². The highest BCUT2D eigenvalue weighted by atomic mass is 16.5. The zero-order valence-electron chi connectivity index (χ0n) is 26.7. The van der Waals surface area contributed by atoms with Gasteiger partial charge in [0.1, 0.15) is 18.1 Å². The summed E-state index contributed by atoms with van der Waals surface area (Å²) in [5.41, 5.74) is 3.61. The van der Waals surface area contributed by atoms with Gasteiger partial charge in [-0.1, -0.05) is 44.7 Å². The van der Waals surface area contributed by atoms with Gasteiger partial charge in [-0.05, 0) is 86.6 Å². The Kier molecular flexibility index (Phi) is 7.67. The van der Waals surface area contributed by atoms with Gasteiger partial charge in [0.15, 0.2) is 5.78 Å². The minimum Gasteiger partial charge on any atom is -0.462 e. The number of fused-ring (bicyclic) bond motifs is 5. The molecule has 0 bridgehead atoms. The van der Waals surface area contributed by atoms with E-state index < -0.39 is 5.41 Å². The molecule has 2 aliphatic heterocycles. The number of nitrogens with zero attached hydrogens (tertiary/aromatic N) is 6. The van der Waals surface area contributed by atoms with Gasteiger partial charge in [0.05, 0.1) is 18.5 Å². The Balaban J connectivity index is 1.28. The normalized spacial score (nSPS) is 32.3. The number of anilines is 1. The number of piperazine rings is 1. The Morgan fingerprint density at radius 2 is 2.00 bits per heavy atom. The summed E-state index contributed by atoms with van der Waals surface area (Å²) >= 11 is 0. The highest BCUT2D eigenvalue weighted by Crippen LogP contribution is 2.66. The number of amides is 1. The Morgan fingerprint density at radius 3 is 2.76 bits per heavy atom. The van der Waals surface area contributed by atoms with Crippen molar-refractivity contribution in [1.82, 2.24) is 19.8 Å². The van der Waals surface area contributed by atoms with E-state index in [1.165, 1.54) is 17.2 Å². The van der Waals surface area contributed by atoms with Gasteiger partial charge in [-0.15, -0.1) is 0 Å². The van der Waals surface area contributed by atoms with Gasteiger partial charge < -0.3 is 19.4 Å². The molecule has 5 aliphatic rings. The number of Topliss-reactive ketones (excluding diaryl/α,β-unsaturated/α-hetero) is 1. The van der Waals surface area contributed by atoms with Gasteiger partial charge in [-0.2, -0.15) is 15.2 Å². The molecule has 9 heteroatoms. The molecule has 1 saturated carbocycles. The monoisotopic (exact) mass is 608 g/mol. The predicted molar refractivity (Wildman–Crippen MR) is 171 cm³/mol. The van der Waals surface area contributed by atoms with Crippen molar-refractivity contribution >= 4 is 17.5 Å². The van der Waals surface area contributed by atoms with Crippen LogP contribution < -0.4 is 9.64 Å². The van der Waals surface area contributed by atoms with Gasteiger partial charge in [0.2, 0.25) is 5.91 Å². The van der Waals surface area contributed by atoms with E-state index in [1.807, 2.05) is 0 Å².